The van der Waals surface area contributed by atoms with Gasteiger partial charge in [0.1, 0.15) is 23.9 Å². The normalized spacial score (nSPS) is 10.4. The van der Waals surface area contributed by atoms with Crippen molar-refractivity contribution in [2.45, 2.75) is 6.61 Å². The second-order valence-corrected chi connectivity index (χ2v) is 3.73. The fourth-order valence-electron chi connectivity index (χ4n) is 1.43. The summed E-state index contributed by atoms with van der Waals surface area (Å²) >= 11 is 0. The van der Waals surface area contributed by atoms with Crippen molar-refractivity contribution in [3.8, 4) is 5.75 Å². The molecule has 6 nitrogen and oxygen atoms in total. The van der Waals surface area contributed by atoms with Crippen LogP contribution in [0.4, 0.5) is 4.39 Å². The average molecular weight is 251 g/mol. The van der Waals surface area contributed by atoms with Crippen molar-refractivity contribution in [3.05, 3.63) is 35.9 Å². The first-order chi connectivity index (χ1) is 8.56. The van der Waals surface area contributed by atoms with Gasteiger partial charge >= 0.3 is 7.12 Å². The van der Waals surface area contributed by atoms with Gasteiger partial charge in [-0.3, -0.25) is 4.68 Å². The van der Waals surface area contributed by atoms with E-state index in [-0.39, 0.29) is 17.8 Å². The molecule has 2 rings (SSSR count). The van der Waals surface area contributed by atoms with Crippen LogP contribution < -0.4 is 10.2 Å². The van der Waals surface area contributed by atoms with Gasteiger partial charge in [0, 0.05) is 18.6 Å². The first-order valence-corrected chi connectivity index (χ1v) is 5.20. The lowest BCUT2D eigenvalue weighted by Crippen LogP contribution is -2.32. The Hall–Kier alpha value is -1.93. The average Bonchev–Trinajstić information content (AvgIpc) is 2.72. The largest absolute Gasteiger partial charge is 0.491 e. The Kier molecular flexibility index (Phi) is 3.59. The molecule has 0 spiro atoms. The van der Waals surface area contributed by atoms with Crippen LogP contribution in [-0.2, 0) is 13.7 Å². The molecule has 0 aliphatic heterocycles. The predicted octanol–water partition coefficient (Wildman–Crippen LogP) is -0.787. The summed E-state index contributed by atoms with van der Waals surface area (Å²) in [6.07, 6.45) is 1.68. The molecule has 1 aromatic carbocycles. The Morgan fingerprint density at radius 3 is 2.78 bits per heavy atom. The molecule has 0 radical (unpaired) electrons. The molecule has 94 valence electrons. The lowest BCUT2D eigenvalue weighted by molar-refractivity contribution is 0.299. The molecule has 1 aromatic heterocycles. The van der Waals surface area contributed by atoms with Gasteiger partial charge in [-0.05, 0) is 6.07 Å². The third-order valence-corrected chi connectivity index (χ3v) is 2.29. The minimum Gasteiger partial charge on any atom is -0.487 e. The van der Waals surface area contributed by atoms with Gasteiger partial charge in [0.05, 0.1) is 6.20 Å². The molecule has 0 atom stereocenters. The number of halogens is 1. The molecular formula is C10H11BFN3O3. The first kappa shape index (κ1) is 12.5. The maximum absolute atomic E-state index is 13.4. The van der Waals surface area contributed by atoms with Crippen LogP contribution >= 0.6 is 0 Å². The molecule has 2 N–H and O–H groups in total. The zero-order valence-corrected chi connectivity index (χ0v) is 9.62. The van der Waals surface area contributed by atoms with Crippen molar-refractivity contribution in [1.29, 1.82) is 0 Å². The Bertz CT molecular complexity index is 547. The molecule has 18 heavy (non-hydrogen) atoms. The SMILES string of the molecule is Cn1cc(COc2ccc(B(O)O)c(F)c2)nn1. The van der Waals surface area contributed by atoms with Gasteiger partial charge in [0.25, 0.3) is 0 Å². The van der Waals surface area contributed by atoms with E-state index in [1.165, 1.54) is 16.8 Å². The van der Waals surface area contributed by atoms with E-state index in [1.807, 2.05) is 0 Å². The molecule has 1 heterocycles. The van der Waals surface area contributed by atoms with Crippen molar-refractivity contribution >= 4 is 12.6 Å². The summed E-state index contributed by atoms with van der Waals surface area (Å²) < 4.78 is 20.2. The molecule has 0 bridgehead atoms. The molecule has 0 saturated carbocycles. The number of nitrogens with zero attached hydrogens (tertiary/aromatic N) is 3. The summed E-state index contributed by atoms with van der Waals surface area (Å²) in [4.78, 5) is 0. The standard InChI is InChI=1S/C10H11BFN3O3/c1-15-5-7(13-14-15)6-18-8-2-3-9(11(16)17)10(12)4-8/h2-5,16-17H,6H2,1H3. The van der Waals surface area contributed by atoms with E-state index in [0.717, 1.165) is 6.07 Å². The number of ether oxygens (including phenoxy) is 1. The van der Waals surface area contributed by atoms with E-state index in [1.54, 1.807) is 13.2 Å². The van der Waals surface area contributed by atoms with E-state index < -0.39 is 12.9 Å². The lowest BCUT2D eigenvalue weighted by Gasteiger charge is -2.06. The summed E-state index contributed by atoms with van der Waals surface area (Å²) in [5.74, 6) is -0.454. The minimum atomic E-state index is -1.83. The Morgan fingerprint density at radius 1 is 1.44 bits per heavy atom. The minimum absolute atomic E-state index is 0.161. The quantitative estimate of drug-likeness (QED) is 0.696. The maximum atomic E-state index is 13.4. The van der Waals surface area contributed by atoms with Gasteiger partial charge in [-0.15, -0.1) is 5.10 Å². The Labute approximate surface area is 103 Å². The van der Waals surface area contributed by atoms with Crippen LogP contribution in [0.25, 0.3) is 0 Å². The molecular weight excluding hydrogens is 240 g/mol. The predicted molar refractivity (Wildman–Crippen MR) is 61.6 cm³/mol. The zero-order chi connectivity index (χ0) is 13.1. The number of hydrogen-bond acceptors (Lipinski definition) is 5. The van der Waals surface area contributed by atoms with Crippen molar-refractivity contribution in [1.82, 2.24) is 15.0 Å². The van der Waals surface area contributed by atoms with Crippen LogP contribution in [0.2, 0.25) is 0 Å². The third kappa shape index (κ3) is 2.85. The number of rotatable bonds is 4. The van der Waals surface area contributed by atoms with Gasteiger partial charge in [-0.2, -0.15) is 0 Å². The smallest absolute Gasteiger partial charge is 0.487 e. The number of benzene rings is 1. The second kappa shape index (κ2) is 5.15. The highest BCUT2D eigenvalue weighted by molar-refractivity contribution is 6.58. The summed E-state index contributed by atoms with van der Waals surface area (Å²) in [7, 11) is -0.104. The lowest BCUT2D eigenvalue weighted by atomic mass is 9.80. The molecule has 2 aromatic rings. The van der Waals surface area contributed by atoms with Crippen LogP contribution in [0.5, 0.6) is 5.75 Å². The van der Waals surface area contributed by atoms with Crippen molar-refractivity contribution in [2.24, 2.45) is 7.05 Å². The fraction of sp³-hybridized carbons (Fsp3) is 0.200. The highest BCUT2D eigenvalue weighted by Crippen LogP contribution is 2.12. The molecule has 0 aliphatic rings. The Balaban J connectivity index is 2.04. The van der Waals surface area contributed by atoms with Crippen LogP contribution in [-0.4, -0.2) is 32.2 Å². The van der Waals surface area contributed by atoms with E-state index in [9.17, 15) is 4.39 Å². The maximum Gasteiger partial charge on any atom is 0.491 e. The topological polar surface area (TPSA) is 80.4 Å². The number of aryl methyl sites for hydroxylation is 1. The highest BCUT2D eigenvalue weighted by atomic mass is 19.1. The van der Waals surface area contributed by atoms with Crippen LogP contribution in [0, 0.1) is 5.82 Å². The number of aromatic nitrogens is 3. The van der Waals surface area contributed by atoms with E-state index >= 15 is 0 Å². The summed E-state index contributed by atoms with van der Waals surface area (Å²) in [6.45, 7) is 0.161. The van der Waals surface area contributed by atoms with Gasteiger partial charge in [-0.25, -0.2) is 4.39 Å². The Morgan fingerprint density at radius 2 is 2.22 bits per heavy atom. The highest BCUT2D eigenvalue weighted by Gasteiger charge is 2.16. The van der Waals surface area contributed by atoms with E-state index in [0.29, 0.717) is 5.69 Å². The van der Waals surface area contributed by atoms with Gasteiger partial charge < -0.3 is 14.8 Å². The van der Waals surface area contributed by atoms with Crippen molar-refractivity contribution in [3.63, 3.8) is 0 Å². The molecule has 0 fully saturated rings. The van der Waals surface area contributed by atoms with E-state index in [4.69, 9.17) is 14.8 Å². The van der Waals surface area contributed by atoms with Gasteiger partial charge in [0.2, 0.25) is 0 Å². The molecule has 8 heteroatoms. The van der Waals surface area contributed by atoms with Crippen LogP contribution in [0.15, 0.2) is 24.4 Å². The molecule has 0 unspecified atom stereocenters. The monoisotopic (exact) mass is 251 g/mol. The molecule has 0 saturated heterocycles. The summed E-state index contributed by atoms with van der Waals surface area (Å²) in [5.41, 5.74) is 0.422. The van der Waals surface area contributed by atoms with E-state index in [2.05, 4.69) is 10.3 Å². The summed E-state index contributed by atoms with van der Waals surface area (Å²) in [6, 6.07) is 3.80. The summed E-state index contributed by atoms with van der Waals surface area (Å²) in [5, 5.41) is 25.3. The van der Waals surface area contributed by atoms with Gasteiger partial charge in [0.15, 0.2) is 0 Å². The van der Waals surface area contributed by atoms with Crippen molar-refractivity contribution in [2.75, 3.05) is 0 Å². The third-order valence-electron chi connectivity index (χ3n) is 2.29. The second-order valence-electron chi connectivity index (χ2n) is 3.73. The fourth-order valence-corrected chi connectivity index (χ4v) is 1.43. The van der Waals surface area contributed by atoms with Crippen molar-refractivity contribution < 1.29 is 19.2 Å². The number of hydrogen-bond donors (Lipinski definition) is 2. The van der Waals surface area contributed by atoms with Crippen LogP contribution in [0.1, 0.15) is 5.69 Å². The molecule has 0 aliphatic carbocycles. The van der Waals surface area contributed by atoms with Crippen LogP contribution in [0.3, 0.4) is 0 Å². The zero-order valence-electron chi connectivity index (χ0n) is 9.62. The first-order valence-electron chi connectivity index (χ1n) is 5.20. The van der Waals surface area contributed by atoms with Gasteiger partial charge in [-0.1, -0.05) is 11.3 Å². The molecule has 0 amide bonds.